The summed E-state index contributed by atoms with van der Waals surface area (Å²) in [5.41, 5.74) is -0.0648. The van der Waals surface area contributed by atoms with Crippen LogP contribution < -0.4 is 5.32 Å². The molecule has 0 radical (unpaired) electrons. The number of likely N-dealkylation sites (tertiary alicyclic amines) is 1. The number of anilines is 1. The Kier molecular flexibility index (Phi) is 3.76. The number of amides is 2. The lowest BCUT2D eigenvalue weighted by Crippen LogP contribution is -2.40. The first-order valence-corrected chi connectivity index (χ1v) is 5.75. The highest BCUT2D eigenvalue weighted by Gasteiger charge is 2.28. The molecule has 98 valence electrons. The van der Waals surface area contributed by atoms with Gasteiger partial charge in [0.15, 0.2) is 0 Å². The Hall–Kier alpha value is -1.69. The largest absolute Gasteiger partial charge is 0.394 e. The Morgan fingerprint density at radius 1 is 1.50 bits per heavy atom. The molecule has 1 aliphatic heterocycles. The van der Waals surface area contributed by atoms with Crippen LogP contribution in [0.25, 0.3) is 0 Å². The van der Waals surface area contributed by atoms with Gasteiger partial charge in [0.05, 0.1) is 18.3 Å². The molecule has 4 nitrogen and oxygen atoms in total. The lowest BCUT2D eigenvalue weighted by atomic mass is 10.2. The highest BCUT2D eigenvalue weighted by atomic mass is 19.1. The number of hydrogen-bond donors (Lipinski definition) is 2. The Morgan fingerprint density at radius 3 is 2.94 bits per heavy atom. The molecule has 2 N–H and O–H groups in total. The molecule has 0 aromatic heterocycles. The zero-order valence-corrected chi connectivity index (χ0v) is 9.70. The Balaban J connectivity index is 2.07. The first-order valence-electron chi connectivity index (χ1n) is 5.75. The van der Waals surface area contributed by atoms with Crippen molar-refractivity contribution in [1.82, 2.24) is 4.90 Å². The molecule has 1 aromatic carbocycles. The highest BCUT2D eigenvalue weighted by molar-refractivity contribution is 5.89. The van der Waals surface area contributed by atoms with Crippen LogP contribution in [0.3, 0.4) is 0 Å². The standard InChI is InChI=1S/C12H14F2N2O2/c13-8-3-4-11(10(14)6-8)15-12(18)16-5-1-2-9(16)7-17/h3-4,6,9,17H,1-2,5,7H2,(H,15,18). The maximum Gasteiger partial charge on any atom is 0.322 e. The molecule has 2 amide bonds. The van der Waals surface area contributed by atoms with Crippen molar-refractivity contribution >= 4 is 11.7 Å². The summed E-state index contributed by atoms with van der Waals surface area (Å²) in [5.74, 6) is -1.51. The predicted octanol–water partition coefficient (Wildman–Crippen LogP) is 1.95. The van der Waals surface area contributed by atoms with Crippen molar-refractivity contribution in [2.24, 2.45) is 0 Å². The monoisotopic (exact) mass is 256 g/mol. The molecule has 2 rings (SSSR count). The molecule has 0 aliphatic carbocycles. The number of benzene rings is 1. The summed E-state index contributed by atoms with van der Waals surface area (Å²) in [6, 6.07) is 2.26. The van der Waals surface area contributed by atoms with Gasteiger partial charge in [0.2, 0.25) is 0 Å². The minimum absolute atomic E-state index is 0.0648. The summed E-state index contributed by atoms with van der Waals surface area (Å²) in [6.07, 6.45) is 1.54. The fourth-order valence-electron chi connectivity index (χ4n) is 2.07. The van der Waals surface area contributed by atoms with Crippen LogP contribution in [0, 0.1) is 11.6 Å². The van der Waals surface area contributed by atoms with Crippen LogP contribution in [-0.4, -0.2) is 35.2 Å². The van der Waals surface area contributed by atoms with Gasteiger partial charge in [-0.2, -0.15) is 0 Å². The van der Waals surface area contributed by atoms with E-state index in [1.54, 1.807) is 0 Å². The van der Waals surface area contributed by atoms with Crippen LogP contribution in [0.5, 0.6) is 0 Å². The van der Waals surface area contributed by atoms with Gasteiger partial charge in [0, 0.05) is 12.6 Å². The van der Waals surface area contributed by atoms with E-state index in [0.717, 1.165) is 18.9 Å². The zero-order chi connectivity index (χ0) is 13.1. The van der Waals surface area contributed by atoms with Crippen LogP contribution >= 0.6 is 0 Å². The first-order chi connectivity index (χ1) is 8.61. The Morgan fingerprint density at radius 2 is 2.28 bits per heavy atom. The summed E-state index contributed by atoms with van der Waals surface area (Å²) in [5, 5.41) is 11.5. The van der Waals surface area contributed by atoms with Gasteiger partial charge < -0.3 is 15.3 Å². The van der Waals surface area contributed by atoms with Crippen LogP contribution in [0.4, 0.5) is 19.3 Å². The van der Waals surface area contributed by atoms with Gasteiger partial charge in [-0.1, -0.05) is 0 Å². The molecule has 1 heterocycles. The third-order valence-electron chi connectivity index (χ3n) is 3.02. The maximum absolute atomic E-state index is 13.4. The molecular weight excluding hydrogens is 242 g/mol. The van der Waals surface area contributed by atoms with E-state index in [4.69, 9.17) is 5.11 Å². The number of nitrogens with zero attached hydrogens (tertiary/aromatic N) is 1. The third kappa shape index (κ3) is 2.59. The van der Waals surface area contributed by atoms with Crippen LogP contribution in [-0.2, 0) is 0 Å². The lowest BCUT2D eigenvalue weighted by Gasteiger charge is -2.23. The number of aliphatic hydroxyl groups excluding tert-OH is 1. The third-order valence-corrected chi connectivity index (χ3v) is 3.02. The summed E-state index contributed by atoms with van der Waals surface area (Å²) >= 11 is 0. The second-order valence-corrected chi connectivity index (χ2v) is 4.23. The first kappa shape index (κ1) is 12.8. The van der Waals surface area contributed by atoms with Gasteiger partial charge in [-0.15, -0.1) is 0 Å². The molecule has 0 saturated carbocycles. The number of halogens is 2. The summed E-state index contributed by atoms with van der Waals surface area (Å²) in [7, 11) is 0. The second kappa shape index (κ2) is 5.30. The van der Waals surface area contributed by atoms with Crippen molar-refractivity contribution in [2.45, 2.75) is 18.9 Å². The van der Waals surface area contributed by atoms with E-state index in [2.05, 4.69) is 5.32 Å². The molecule has 1 atom stereocenters. The summed E-state index contributed by atoms with van der Waals surface area (Å²) < 4.78 is 26.1. The zero-order valence-electron chi connectivity index (χ0n) is 9.70. The van der Waals surface area contributed by atoms with Crippen LogP contribution in [0.1, 0.15) is 12.8 Å². The molecule has 0 spiro atoms. The summed E-state index contributed by atoms with van der Waals surface area (Å²) in [4.78, 5) is 13.3. The van der Waals surface area contributed by atoms with Crippen molar-refractivity contribution in [1.29, 1.82) is 0 Å². The lowest BCUT2D eigenvalue weighted by molar-refractivity contribution is 0.166. The average Bonchev–Trinajstić information content (AvgIpc) is 2.81. The SMILES string of the molecule is O=C(Nc1ccc(F)cc1F)N1CCCC1CO. The van der Waals surface area contributed by atoms with Crippen LogP contribution in [0.15, 0.2) is 18.2 Å². The average molecular weight is 256 g/mol. The molecular formula is C12H14F2N2O2. The molecule has 1 aliphatic rings. The van der Waals surface area contributed by atoms with Gasteiger partial charge in [-0.3, -0.25) is 0 Å². The topological polar surface area (TPSA) is 52.6 Å². The number of hydrogen-bond acceptors (Lipinski definition) is 2. The fraction of sp³-hybridized carbons (Fsp3) is 0.417. The van der Waals surface area contributed by atoms with Gasteiger partial charge in [-0.05, 0) is 25.0 Å². The molecule has 1 aromatic rings. The van der Waals surface area contributed by atoms with Crippen molar-refractivity contribution in [2.75, 3.05) is 18.5 Å². The minimum atomic E-state index is -0.817. The maximum atomic E-state index is 13.4. The molecule has 0 bridgehead atoms. The number of urea groups is 1. The molecule has 1 unspecified atom stereocenters. The van der Waals surface area contributed by atoms with Crippen LogP contribution in [0.2, 0.25) is 0 Å². The van der Waals surface area contributed by atoms with Crippen molar-refractivity contribution in [3.05, 3.63) is 29.8 Å². The molecule has 6 heteroatoms. The van der Waals surface area contributed by atoms with Crippen molar-refractivity contribution < 1.29 is 18.7 Å². The highest BCUT2D eigenvalue weighted by Crippen LogP contribution is 2.20. The van der Waals surface area contributed by atoms with Gasteiger partial charge in [0.25, 0.3) is 0 Å². The minimum Gasteiger partial charge on any atom is -0.394 e. The van der Waals surface area contributed by atoms with Crippen molar-refractivity contribution in [3.63, 3.8) is 0 Å². The smallest absolute Gasteiger partial charge is 0.322 e. The van der Waals surface area contributed by atoms with E-state index < -0.39 is 17.7 Å². The van der Waals surface area contributed by atoms with E-state index >= 15 is 0 Å². The number of aliphatic hydroxyl groups is 1. The van der Waals surface area contributed by atoms with Gasteiger partial charge in [-0.25, -0.2) is 13.6 Å². The fourth-order valence-corrected chi connectivity index (χ4v) is 2.07. The Bertz CT molecular complexity index is 454. The quantitative estimate of drug-likeness (QED) is 0.849. The van der Waals surface area contributed by atoms with Gasteiger partial charge >= 0.3 is 6.03 Å². The number of carbonyl (C=O) groups excluding carboxylic acids is 1. The molecule has 1 fully saturated rings. The molecule has 1 saturated heterocycles. The normalized spacial score (nSPS) is 19.1. The Labute approximate surface area is 103 Å². The second-order valence-electron chi connectivity index (χ2n) is 4.23. The molecule has 18 heavy (non-hydrogen) atoms. The number of nitrogens with one attached hydrogen (secondary N) is 1. The van der Waals surface area contributed by atoms with Gasteiger partial charge in [0.1, 0.15) is 11.6 Å². The predicted molar refractivity (Wildman–Crippen MR) is 62.2 cm³/mol. The van der Waals surface area contributed by atoms with Crippen molar-refractivity contribution in [3.8, 4) is 0 Å². The van der Waals surface area contributed by atoms with E-state index in [9.17, 15) is 13.6 Å². The van der Waals surface area contributed by atoms with E-state index in [1.165, 1.54) is 11.0 Å². The number of rotatable bonds is 2. The van der Waals surface area contributed by atoms with E-state index in [1.807, 2.05) is 0 Å². The number of carbonyl (C=O) groups is 1. The van der Waals surface area contributed by atoms with E-state index in [-0.39, 0.29) is 18.3 Å². The summed E-state index contributed by atoms with van der Waals surface area (Å²) in [6.45, 7) is 0.416. The van der Waals surface area contributed by atoms with E-state index in [0.29, 0.717) is 12.6 Å².